The van der Waals surface area contributed by atoms with Crippen LogP contribution < -0.4 is 0 Å². The Morgan fingerprint density at radius 3 is 2.73 bits per heavy atom. The normalized spacial score (nSPS) is 27.0. The van der Waals surface area contributed by atoms with Gasteiger partial charge in [0, 0.05) is 33.4 Å². The smallest absolute Gasteiger partial charge is 0.243 e. The number of amides is 1. The van der Waals surface area contributed by atoms with Crippen LogP contribution in [0, 0.1) is 16.7 Å². The summed E-state index contributed by atoms with van der Waals surface area (Å²) in [5.41, 5.74) is 0.0114. The number of aryl methyl sites for hydroxylation is 1. The van der Waals surface area contributed by atoms with Gasteiger partial charge in [0.2, 0.25) is 5.91 Å². The first-order valence-electron chi connectivity index (χ1n) is 7.69. The quantitative estimate of drug-likeness (QED) is 0.826. The van der Waals surface area contributed by atoms with Gasteiger partial charge in [0.25, 0.3) is 0 Å². The van der Waals surface area contributed by atoms with Crippen molar-refractivity contribution in [2.24, 2.45) is 12.5 Å². The molecule has 0 aromatic carbocycles. The molecule has 0 N–H and O–H groups in total. The van der Waals surface area contributed by atoms with Gasteiger partial charge in [-0.25, -0.2) is 0 Å². The molecule has 1 amide bonds. The third-order valence-corrected chi connectivity index (χ3v) is 4.94. The molecule has 2 atom stereocenters. The number of hydrogen-bond acceptors (Lipinski definition) is 5. The van der Waals surface area contributed by atoms with E-state index in [0.717, 1.165) is 18.5 Å². The van der Waals surface area contributed by atoms with Crippen molar-refractivity contribution in [1.29, 1.82) is 5.26 Å². The molecule has 7 nitrogen and oxygen atoms in total. The number of carbonyl (C=O) groups excluding carboxylic acids is 1. The van der Waals surface area contributed by atoms with E-state index in [1.807, 2.05) is 13.2 Å². The first-order chi connectivity index (χ1) is 10.6. The molecule has 1 saturated carbocycles. The number of nitriles is 1. The number of hydrogen-bond donors (Lipinski definition) is 0. The Morgan fingerprint density at radius 1 is 1.45 bits per heavy atom. The molecule has 1 aliphatic heterocycles. The van der Waals surface area contributed by atoms with Gasteiger partial charge in [-0.05, 0) is 12.8 Å². The molecule has 1 aromatic heterocycles. The largest absolute Gasteiger partial charge is 0.379 e. The number of methoxy groups -OCH3 is 1. The SMILES string of the molecule is CO[C@@H]1CN(C(=O)C2(C#N)CCCC2)C[C@H]1c1cn(C)nn1. The minimum atomic E-state index is -0.824. The Kier molecular flexibility index (Phi) is 3.87. The molecule has 0 spiro atoms. The van der Waals surface area contributed by atoms with Gasteiger partial charge in [-0.3, -0.25) is 9.48 Å². The molecule has 2 aliphatic rings. The average Bonchev–Trinajstić information content (AvgIpc) is 3.25. The zero-order valence-electron chi connectivity index (χ0n) is 13.0. The van der Waals surface area contributed by atoms with Crippen LogP contribution in [0.25, 0.3) is 0 Å². The predicted octanol–water partition coefficient (Wildman–Crippen LogP) is 0.840. The molecule has 0 radical (unpaired) electrons. The van der Waals surface area contributed by atoms with Crippen LogP contribution in [0.1, 0.15) is 37.3 Å². The van der Waals surface area contributed by atoms with Crippen molar-refractivity contribution in [2.45, 2.75) is 37.7 Å². The van der Waals surface area contributed by atoms with Crippen molar-refractivity contribution < 1.29 is 9.53 Å². The summed E-state index contributed by atoms with van der Waals surface area (Å²) >= 11 is 0. The summed E-state index contributed by atoms with van der Waals surface area (Å²) < 4.78 is 7.20. The molecule has 118 valence electrons. The summed E-state index contributed by atoms with van der Waals surface area (Å²) in [5, 5.41) is 17.6. The average molecular weight is 303 g/mol. The maximum Gasteiger partial charge on any atom is 0.243 e. The van der Waals surface area contributed by atoms with E-state index in [4.69, 9.17) is 4.74 Å². The Hall–Kier alpha value is -1.94. The molecule has 2 fully saturated rings. The molecule has 3 rings (SSSR count). The Morgan fingerprint density at radius 2 is 2.18 bits per heavy atom. The molecular formula is C15H21N5O2. The van der Waals surface area contributed by atoms with Crippen molar-refractivity contribution in [1.82, 2.24) is 19.9 Å². The molecule has 0 unspecified atom stereocenters. The second-order valence-electron chi connectivity index (χ2n) is 6.31. The molecule has 22 heavy (non-hydrogen) atoms. The second kappa shape index (κ2) is 5.69. The van der Waals surface area contributed by atoms with Crippen molar-refractivity contribution >= 4 is 5.91 Å². The minimum Gasteiger partial charge on any atom is -0.379 e. The topological polar surface area (TPSA) is 84.0 Å². The zero-order chi connectivity index (χ0) is 15.7. The summed E-state index contributed by atoms with van der Waals surface area (Å²) in [6.07, 6.45) is 5.01. The molecule has 2 heterocycles. The van der Waals surface area contributed by atoms with E-state index in [1.54, 1.807) is 16.7 Å². The van der Waals surface area contributed by atoms with E-state index in [0.29, 0.717) is 25.9 Å². The van der Waals surface area contributed by atoms with E-state index in [9.17, 15) is 10.1 Å². The summed E-state index contributed by atoms with van der Waals surface area (Å²) in [6, 6.07) is 2.28. The first kappa shape index (κ1) is 15.0. The summed E-state index contributed by atoms with van der Waals surface area (Å²) in [6.45, 7) is 1.06. The highest BCUT2D eigenvalue weighted by Gasteiger charge is 2.48. The van der Waals surface area contributed by atoms with E-state index in [2.05, 4.69) is 16.4 Å². The Bertz CT molecular complexity index is 599. The number of carbonyl (C=O) groups is 1. The maximum absolute atomic E-state index is 12.9. The number of aromatic nitrogens is 3. The van der Waals surface area contributed by atoms with Crippen LogP contribution in [-0.2, 0) is 16.6 Å². The van der Waals surface area contributed by atoms with Crippen LogP contribution in [0.2, 0.25) is 0 Å². The van der Waals surface area contributed by atoms with E-state index in [1.165, 1.54) is 0 Å². The van der Waals surface area contributed by atoms with E-state index in [-0.39, 0.29) is 17.9 Å². The molecular weight excluding hydrogens is 282 g/mol. The van der Waals surface area contributed by atoms with Gasteiger partial charge >= 0.3 is 0 Å². The lowest BCUT2D eigenvalue weighted by atomic mass is 9.86. The third kappa shape index (κ3) is 2.37. The van der Waals surface area contributed by atoms with Crippen LogP contribution in [-0.4, -0.2) is 52.1 Å². The fourth-order valence-corrected chi connectivity index (χ4v) is 3.65. The zero-order valence-corrected chi connectivity index (χ0v) is 13.0. The predicted molar refractivity (Wildman–Crippen MR) is 77.6 cm³/mol. The molecule has 1 saturated heterocycles. The lowest BCUT2D eigenvalue weighted by Crippen LogP contribution is -2.41. The fraction of sp³-hybridized carbons (Fsp3) is 0.733. The minimum absolute atomic E-state index is 0.0137. The monoisotopic (exact) mass is 303 g/mol. The van der Waals surface area contributed by atoms with Crippen LogP contribution in [0.3, 0.4) is 0 Å². The van der Waals surface area contributed by atoms with Crippen molar-refractivity contribution in [3.8, 4) is 6.07 Å². The lowest BCUT2D eigenvalue weighted by molar-refractivity contribution is -0.138. The molecule has 1 aliphatic carbocycles. The lowest BCUT2D eigenvalue weighted by Gasteiger charge is -2.26. The highest BCUT2D eigenvalue weighted by atomic mass is 16.5. The third-order valence-electron chi connectivity index (χ3n) is 4.94. The standard InChI is InChI=1S/C15H21N5O2/c1-19-8-12(17-18-19)11-7-20(9-13(11)22-2)14(21)15(10-16)5-3-4-6-15/h8,11,13H,3-7,9H2,1-2H3/t11-,13+/m0/s1. The second-order valence-corrected chi connectivity index (χ2v) is 6.31. The fourth-order valence-electron chi connectivity index (χ4n) is 3.65. The van der Waals surface area contributed by atoms with E-state index < -0.39 is 5.41 Å². The van der Waals surface area contributed by atoms with Gasteiger partial charge in [-0.2, -0.15) is 5.26 Å². The maximum atomic E-state index is 12.9. The Balaban J connectivity index is 1.79. The molecule has 0 bridgehead atoms. The van der Waals surface area contributed by atoms with Crippen LogP contribution in [0.5, 0.6) is 0 Å². The van der Waals surface area contributed by atoms with Gasteiger partial charge < -0.3 is 9.64 Å². The van der Waals surface area contributed by atoms with Crippen LogP contribution in [0.15, 0.2) is 6.20 Å². The van der Waals surface area contributed by atoms with Crippen molar-refractivity contribution in [3.05, 3.63) is 11.9 Å². The number of rotatable bonds is 3. The van der Waals surface area contributed by atoms with E-state index >= 15 is 0 Å². The van der Waals surface area contributed by atoms with Gasteiger partial charge in [0.1, 0.15) is 5.41 Å². The van der Waals surface area contributed by atoms with Gasteiger partial charge in [0.15, 0.2) is 0 Å². The number of ether oxygens (including phenoxy) is 1. The number of nitrogens with zero attached hydrogens (tertiary/aromatic N) is 5. The van der Waals surface area contributed by atoms with Gasteiger partial charge in [-0.15, -0.1) is 5.10 Å². The number of likely N-dealkylation sites (tertiary alicyclic amines) is 1. The molecule has 7 heteroatoms. The highest BCUT2D eigenvalue weighted by molar-refractivity contribution is 5.86. The summed E-state index contributed by atoms with van der Waals surface area (Å²) in [7, 11) is 3.47. The highest BCUT2D eigenvalue weighted by Crippen LogP contribution is 2.41. The molecule has 1 aromatic rings. The summed E-state index contributed by atoms with van der Waals surface area (Å²) in [4.78, 5) is 14.6. The van der Waals surface area contributed by atoms with Crippen LogP contribution in [0.4, 0.5) is 0 Å². The van der Waals surface area contributed by atoms with Gasteiger partial charge in [-0.1, -0.05) is 18.1 Å². The Labute approximate surface area is 129 Å². The van der Waals surface area contributed by atoms with Crippen molar-refractivity contribution in [3.63, 3.8) is 0 Å². The van der Waals surface area contributed by atoms with Gasteiger partial charge in [0.05, 0.1) is 23.8 Å². The summed E-state index contributed by atoms with van der Waals surface area (Å²) in [5.74, 6) is -0.0271. The first-order valence-corrected chi connectivity index (χ1v) is 7.69. The van der Waals surface area contributed by atoms with Crippen molar-refractivity contribution in [2.75, 3.05) is 20.2 Å². The van der Waals surface area contributed by atoms with Crippen LogP contribution >= 0.6 is 0 Å².